The van der Waals surface area contributed by atoms with Crippen LogP contribution in [0.2, 0.25) is 0 Å². The molecule has 1 atom stereocenters. The molecule has 118 valence electrons. The first-order valence-electron chi connectivity index (χ1n) is 7.56. The fraction of sp³-hybridized carbons (Fsp3) is 0.263. The van der Waals surface area contributed by atoms with E-state index in [0.717, 1.165) is 16.7 Å². The SMILES string of the molecule is CCOc1cc(C#Cc2ccc(C(C)NC(C)=O)cc2)ccn1. The van der Waals surface area contributed by atoms with Crippen LogP contribution < -0.4 is 10.1 Å². The van der Waals surface area contributed by atoms with Crippen LogP contribution in [0.15, 0.2) is 42.6 Å². The van der Waals surface area contributed by atoms with Gasteiger partial charge >= 0.3 is 0 Å². The Morgan fingerprint density at radius 1 is 1.22 bits per heavy atom. The number of benzene rings is 1. The first kappa shape index (κ1) is 16.6. The van der Waals surface area contributed by atoms with E-state index in [1.54, 1.807) is 6.20 Å². The van der Waals surface area contributed by atoms with Crippen LogP contribution in [-0.4, -0.2) is 17.5 Å². The van der Waals surface area contributed by atoms with Crippen LogP contribution >= 0.6 is 0 Å². The zero-order valence-electron chi connectivity index (χ0n) is 13.6. The van der Waals surface area contributed by atoms with E-state index >= 15 is 0 Å². The van der Waals surface area contributed by atoms with Crippen molar-refractivity contribution in [1.29, 1.82) is 0 Å². The van der Waals surface area contributed by atoms with Gasteiger partial charge in [0.1, 0.15) is 0 Å². The molecule has 0 aliphatic carbocycles. The van der Waals surface area contributed by atoms with Crippen molar-refractivity contribution < 1.29 is 9.53 Å². The minimum Gasteiger partial charge on any atom is -0.478 e. The molecule has 0 radical (unpaired) electrons. The first-order chi connectivity index (χ1) is 11.1. The summed E-state index contributed by atoms with van der Waals surface area (Å²) in [7, 11) is 0. The van der Waals surface area contributed by atoms with E-state index < -0.39 is 0 Å². The van der Waals surface area contributed by atoms with Crippen LogP contribution in [0, 0.1) is 11.8 Å². The van der Waals surface area contributed by atoms with E-state index in [0.29, 0.717) is 12.5 Å². The molecule has 4 nitrogen and oxygen atoms in total. The maximum absolute atomic E-state index is 11.1. The monoisotopic (exact) mass is 308 g/mol. The van der Waals surface area contributed by atoms with Crippen molar-refractivity contribution in [2.75, 3.05) is 6.61 Å². The summed E-state index contributed by atoms with van der Waals surface area (Å²) in [4.78, 5) is 15.2. The number of carbonyl (C=O) groups excluding carboxylic acids is 1. The third-order valence-electron chi connectivity index (χ3n) is 3.21. The lowest BCUT2D eigenvalue weighted by molar-refractivity contribution is -0.119. The van der Waals surface area contributed by atoms with E-state index in [-0.39, 0.29) is 11.9 Å². The summed E-state index contributed by atoms with van der Waals surface area (Å²) >= 11 is 0. The molecule has 2 aromatic rings. The quantitative estimate of drug-likeness (QED) is 0.883. The van der Waals surface area contributed by atoms with Crippen molar-refractivity contribution in [2.24, 2.45) is 0 Å². The highest BCUT2D eigenvalue weighted by Crippen LogP contribution is 2.13. The molecular formula is C19H20N2O2. The minimum absolute atomic E-state index is 0.0107. The maximum Gasteiger partial charge on any atom is 0.217 e. The molecule has 4 heteroatoms. The van der Waals surface area contributed by atoms with Gasteiger partial charge in [0.2, 0.25) is 11.8 Å². The molecule has 0 aliphatic rings. The average Bonchev–Trinajstić information content (AvgIpc) is 2.53. The summed E-state index contributed by atoms with van der Waals surface area (Å²) < 4.78 is 5.36. The lowest BCUT2D eigenvalue weighted by atomic mass is 10.1. The molecule has 0 aliphatic heterocycles. The molecule has 1 heterocycles. The second-order valence-corrected chi connectivity index (χ2v) is 5.11. The molecule has 1 unspecified atom stereocenters. The number of hydrogen-bond donors (Lipinski definition) is 1. The standard InChI is InChI=1S/C19H20N2O2/c1-4-23-19-13-17(11-12-20-19)6-5-16-7-9-18(10-8-16)14(2)21-15(3)22/h7-14H,4H2,1-3H3,(H,21,22). The third-order valence-corrected chi connectivity index (χ3v) is 3.21. The smallest absolute Gasteiger partial charge is 0.217 e. The first-order valence-corrected chi connectivity index (χ1v) is 7.56. The topological polar surface area (TPSA) is 51.2 Å². The Morgan fingerprint density at radius 2 is 1.91 bits per heavy atom. The number of nitrogens with one attached hydrogen (secondary N) is 1. The van der Waals surface area contributed by atoms with Crippen molar-refractivity contribution in [3.05, 3.63) is 59.3 Å². The van der Waals surface area contributed by atoms with Crippen LogP contribution in [-0.2, 0) is 4.79 Å². The summed E-state index contributed by atoms with van der Waals surface area (Å²) in [5.41, 5.74) is 2.82. The second kappa shape index (κ2) is 8.00. The van der Waals surface area contributed by atoms with Crippen molar-refractivity contribution in [1.82, 2.24) is 10.3 Å². The van der Waals surface area contributed by atoms with E-state index in [1.807, 2.05) is 50.2 Å². The zero-order chi connectivity index (χ0) is 16.7. The van der Waals surface area contributed by atoms with Gasteiger partial charge in [-0.2, -0.15) is 0 Å². The van der Waals surface area contributed by atoms with Crippen molar-refractivity contribution in [3.63, 3.8) is 0 Å². The number of nitrogens with zero attached hydrogens (tertiary/aromatic N) is 1. The van der Waals surface area contributed by atoms with Crippen LogP contribution in [0.25, 0.3) is 0 Å². The minimum atomic E-state index is -0.0378. The summed E-state index contributed by atoms with van der Waals surface area (Å²) in [6.07, 6.45) is 1.69. The number of carbonyl (C=O) groups is 1. The predicted octanol–water partition coefficient (Wildman–Crippen LogP) is 3.08. The highest BCUT2D eigenvalue weighted by atomic mass is 16.5. The number of hydrogen-bond acceptors (Lipinski definition) is 3. The Balaban J connectivity index is 2.09. The van der Waals surface area contributed by atoms with E-state index in [1.165, 1.54) is 6.92 Å². The zero-order valence-corrected chi connectivity index (χ0v) is 13.6. The molecule has 23 heavy (non-hydrogen) atoms. The third kappa shape index (κ3) is 5.15. The van der Waals surface area contributed by atoms with E-state index in [2.05, 4.69) is 22.1 Å². The molecule has 1 aromatic heterocycles. The van der Waals surface area contributed by atoms with Gasteiger partial charge in [-0.3, -0.25) is 4.79 Å². The molecule has 0 saturated heterocycles. The summed E-state index contributed by atoms with van der Waals surface area (Å²) in [6.45, 7) is 5.97. The lowest BCUT2D eigenvalue weighted by Gasteiger charge is -2.12. The van der Waals surface area contributed by atoms with Gasteiger partial charge in [0.15, 0.2) is 0 Å². The fourth-order valence-corrected chi connectivity index (χ4v) is 2.10. The predicted molar refractivity (Wildman–Crippen MR) is 90.1 cm³/mol. The molecule has 0 bridgehead atoms. The number of ether oxygens (including phenoxy) is 1. The Labute approximate surface area is 136 Å². The molecule has 1 N–H and O–H groups in total. The van der Waals surface area contributed by atoms with Gasteiger partial charge < -0.3 is 10.1 Å². The Bertz CT molecular complexity index is 727. The maximum atomic E-state index is 11.1. The van der Waals surface area contributed by atoms with Crippen molar-refractivity contribution in [3.8, 4) is 17.7 Å². The van der Waals surface area contributed by atoms with Crippen LogP contribution in [0.5, 0.6) is 5.88 Å². The highest BCUT2D eigenvalue weighted by molar-refractivity contribution is 5.73. The van der Waals surface area contributed by atoms with Crippen LogP contribution in [0.1, 0.15) is 43.5 Å². The van der Waals surface area contributed by atoms with Gasteiger partial charge in [-0.25, -0.2) is 4.98 Å². The summed E-state index contributed by atoms with van der Waals surface area (Å²) in [5.74, 6) is 6.76. The Hall–Kier alpha value is -2.80. The van der Waals surface area contributed by atoms with Crippen LogP contribution in [0.4, 0.5) is 0 Å². The normalized spacial score (nSPS) is 11.1. The number of pyridine rings is 1. The Kier molecular flexibility index (Phi) is 5.76. The van der Waals surface area contributed by atoms with E-state index in [4.69, 9.17) is 4.74 Å². The van der Waals surface area contributed by atoms with Gasteiger partial charge in [0.05, 0.1) is 12.6 Å². The van der Waals surface area contributed by atoms with Gasteiger partial charge in [-0.1, -0.05) is 24.0 Å². The molecule has 1 aromatic carbocycles. The molecule has 1 amide bonds. The van der Waals surface area contributed by atoms with Crippen molar-refractivity contribution >= 4 is 5.91 Å². The lowest BCUT2D eigenvalue weighted by Crippen LogP contribution is -2.23. The van der Waals surface area contributed by atoms with Gasteiger partial charge in [0, 0.05) is 30.3 Å². The fourth-order valence-electron chi connectivity index (χ4n) is 2.10. The van der Waals surface area contributed by atoms with Gasteiger partial charge in [-0.15, -0.1) is 0 Å². The number of rotatable bonds is 4. The van der Waals surface area contributed by atoms with Gasteiger partial charge in [0.25, 0.3) is 0 Å². The summed E-state index contributed by atoms with van der Waals surface area (Å²) in [6, 6.07) is 11.5. The highest BCUT2D eigenvalue weighted by Gasteiger charge is 2.05. The molecular weight excluding hydrogens is 288 g/mol. The largest absolute Gasteiger partial charge is 0.478 e. The van der Waals surface area contributed by atoms with Crippen molar-refractivity contribution in [2.45, 2.75) is 26.8 Å². The molecule has 0 spiro atoms. The Morgan fingerprint density at radius 3 is 2.57 bits per heavy atom. The number of aromatic nitrogens is 1. The molecule has 2 rings (SSSR count). The molecule has 0 fully saturated rings. The van der Waals surface area contributed by atoms with E-state index in [9.17, 15) is 4.79 Å². The molecule has 0 saturated carbocycles. The average molecular weight is 308 g/mol. The summed E-state index contributed by atoms with van der Waals surface area (Å²) in [5, 5.41) is 2.86. The number of amides is 1. The van der Waals surface area contributed by atoms with Crippen LogP contribution in [0.3, 0.4) is 0 Å². The second-order valence-electron chi connectivity index (χ2n) is 5.11. The van der Waals surface area contributed by atoms with Gasteiger partial charge in [-0.05, 0) is 37.6 Å².